The quantitative estimate of drug-likeness (QED) is 0.634. The highest BCUT2D eigenvalue weighted by Gasteiger charge is 2.34. The van der Waals surface area contributed by atoms with Gasteiger partial charge in [-0.05, 0) is 24.0 Å². The van der Waals surface area contributed by atoms with Gasteiger partial charge in [-0.2, -0.15) is 0 Å². The Morgan fingerprint density at radius 3 is 2.29 bits per heavy atom. The molecule has 0 radical (unpaired) electrons. The van der Waals surface area contributed by atoms with Gasteiger partial charge in [-0.3, -0.25) is 4.79 Å². The van der Waals surface area contributed by atoms with Gasteiger partial charge in [-0.1, -0.05) is 67.6 Å². The largest absolute Gasteiger partial charge is 0.463 e. The van der Waals surface area contributed by atoms with Crippen LogP contribution in [0, 0.1) is 0 Å². The fourth-order valence-electron chi connectivity index (χ4n) is 3.44. The van der Waals surface area contributed by atoms with Gasteiger partial charge >= 0.3 is 18.0 Å². The number of urea groups is 1. The van der Waals surface area contributed by atoms with Gasteiger partial charge in [0.25, 0.3) is 0 Å². The summed E-state index contributed by atoms with van der Waals surface area (Å²) in [5, 5.41) is 5.34. The lowest BCUT2D eigenvalue weighted by Crippen LogP contribution is -2.47. The van der Waals surface area contributed by atoms with Gasteiger partial charge in [-0.15, -0.1) is 0 Å². The second-order valence-corrected chi connectivity index (χ2v) is 7.23. The van der Waals surface area contributed by atoms with Crippen molar-refractivity contribution in [2.24, 2.45) is 0 Å². The molecule has 0 saturated carbocycles. The van der Waals surface area contributed by atoms with Crippen molar-refractivity contribution < 1.29 is 23.9 Å². The van der Waals surface area contributed by atoms with Crippen LogP contribution in [0.2, 0.25) is 0 Å². The first kappa shape index (κ1) is 22.1. The molecule has 7 nitrogen and oxygen atoms in total. The van der Waals surface area contributed by atoms with Gasteiger partial charge in [0.2, 0.25) is 0 Å². The van der Waals surface area contributed by atoms with Crippen LogP contribution in [-0.2, 0) is 19.1 Å². The van der Waals surface area contributed by atoms with Crippen LogP contribution in [0.3, 0.4) is 0 Å². The predicted molar refractivity (Wildman–Crippen MR) is 115 cm³/mol. The lowest BCUT2D eigenvalue weighted by atomic mass is 9.95. The summed E-state index contributed by atoms with van der Waals surface area (Å²) in [5.41, 5.74) is 2.19. The zero-order valence-corrected chi connectivity index (χ0v) is 17.6. The molecule has 2 aromatic rings. The first-order chi connectivity index (χ1) is 15.0. The van der Waals surface area contributed by atoms with Crippen molar-refractivity contribution in [2.75, 3.05) is 13.2 Å². The number of carbonyl (C=O) groups is 3. The third-order valence-corrected chi connectivity index (χ3v) is 5.00. The highest BCUT2D eigenvalue weighted by Crippen LogP contribution is 2.28. The van der Waals surface area contributed by atoms with Gasteiger partial charge in [-0.25, -0.2) is 9.59 Å². The number of benzene rings is 2. The Balaban J connectivity index is 1.78. The predicted octanol–water partition coefficient (Wildman–Crippen LogP) is 3.59. The van der Waals surface area contributed by atoms with Gasteiger partial charge in [0, 0.05) is 0 Å². The first-order valence-electron chi connectivity index (χ1n) is 10.2. The average molecular weight is 422 g/mol. The number of amides is 2. The third-order valence-electron chi connectivity index (χ3n) is 5.00. The lowest BCUT2D eigenvalue weighted by molar-refractivity contribution is -0.144. The zero-order chi connectivity index (χ0) is 22.2. The van der Waals surface area contributed by atoms with Crippen LogP contribution in [0.15, 0.2) is 71.9 Å². The Bertz CT molecular complexity index is 956. The van der Waals surface area contributed by atoms with Crippen LogP contribution in [0.4, 0.5) is 4.79 Å². The Kier molecular flexibility index (Phi) is 7.43. The number of hydrogen-bond donors (Lipinski definition) is 2. The van der Waals surface area contributed by atoms with Crippen LogP contribution in [-0.4, -0.2) is 31.2 Å². The van der Waals surface area contributed by atoms with E-state index in [1.165, 1.54) is 0 Å². The minimum Gasteiger partial charge on any atom is -0.463 e. The Morgan fingerprint density at radius 2 is 1.65 bits per heavy atom. The highest BCUT2D eigenvalue weighted by molar-refractivity contribution is 5.95. The topological polar surface area (TPSA) is 93.7 Å². The highest BCUT2D eigenvalue weighted by atomic mass is 16.5. The summed E-state index contributed by atoms with van der Waals surface area (Å²) in [5.74, 6) is -1.02. The second kappa shape index (κ2) is 10.4. The summed E-state index contributed by atoms with van der Waals surface area (Å²) in [6.07, 6.45) is 0.181. The van der Waals surface area contributed by atoms with E-state index in [-0.39, 0.29) is 36.8 Å². The molecule has 31 heavy (non-hydrogen) atoms. The fraction of sp³-hybridized carbons (Fsp3) is 0.292. The summed E-state index contributed by atoms with van der Waals surface area (Å²) in [6, 6.07) is 17.6. The lowest BCUT2D eigenvalue weighted by Gasteiger charge is -2.29. The maximum atomic E-state index is 12.7. The van der Waals surface area contributed by atoms with Crippen LogP contribution in [0.1, 0.15) is 43.4 Å². The molecule has 0 fully saturated rings. The Morgan fingerprint density at radius 1 is 1.00 bits per heavy atom. The van der Waals surface area contributed by atoms with Crippen molar-refractivity contribution in [3.8, 4) is 0 Å². The summed E-state index contributed by atoms with van der Waals surface area (Å²) in [4.78, 5) is 37.4. The maximum absolute atomic E-state index is 12.7. The smallest absolute Gasteiger partial charge is 0.338 e. The molecule has 3 rings (SSSR count). The molecule has 0 unspecified atom stereocenters. The van der Waals surface area contributed by atoms with E-state index in [1.807, 2.05) is 55.5 Å². The molecule has 0 saturated heterocycles. The molecule has 2 N–H and O–H groups in total. The van der Waals surface area contributed by atoms with Crippen molar-refractivity contribution >= 4 is 18.0 Å². The molecule has 0 spiro atoms. The summed E-state index contributed by atoms with van der Waals surface area (Å²) in [6.45, 7) is 3.60. The first-order valence-corrected chi connectivity index (χ1v) is 10.2. The molecule has 2 aromatic carbocycles. The van der Waals surface area contributed by atoms with Crippen molar-refractivity contribution in [1.29, 1.82) is 0 Å². The number of hydrogen-bond acceptors (Lipinski definition) is 5. The molecule has 162 valence electrons. The van der Waals surface area contributed by atoms with Crippen LogP contribution < -0.4 is 10.6 Å². The van der Waals surface area contributed by atoms with Gasteiger partial charge in [0.15, 0.2) is 0 Å². The summed E-state index contributed by atoms with van der Waals surface area (Å²) in [7, 11) is 0. The van der Waals surface area contributed by atoms with Crippen molar-refractivity contribution in [1.82, 2.24) is 10.6 Å². The van der Waals surface area contributed by atoms with E-state index in [9.17, 15) is 14.4 Å². The zero-order valence-electron chi connectivity index (χ0n) is 17.6. The van der Waals surface area contributed by atoms with Crippen molar-refractivity contribution in [3.63, 3.8) is 0 Å². The van der Waals surface area contributed by atoms with E-state index in [4.69, 9.17) is 9.47 Å². The Hall–Kier alpha value is -3.61. The molecule has 1 aliphatic rings. The fourth-order valence-corrected chi connectivity index (χ4v) is 3.44. The third kappa shape index (κ3) is 5.72. The molecule has 1 aliphatic heterocycles. The van der Waals surface area contributed by atoms with Crippen molar-refractivity contribution in [2.45, 2.75) is 32.2 Å². The Labute approximate surface area is 181 Å². The van der Waals surface area contributed by atoms with Gasteiger partial charge in [0.05, 0.1) is 30.3 Å². The van der Waals surface area contributed by atoms with E-state index < -0.39 is 24.0 Å². The van der Waals surface area contributed by atoms with Crippen LogP contribution >= 0.6 is 0 Å². The molecular weight excluding hydrogens is 396 g/mol. The number of esters is 2. The van der Waals surface area contributed by atoms with E-state index in [0.29, 0.717) is 0 Å². The van der Waals surface area contributed by atoms with E-state index in [2.05, 4.69) is 10.6 Å². The minimum atomic E-state index is -0.703. The number of ether oxygens (including phenoxy) is 2. The van der Waals surface area contributed by atoms with Gasteiger partial charge in [0.1, 0.15) is 6.61 Å². The maximum Gasteiger partial charge on any atom is 0.338 e. The molecule has 0 bridgehead atoms. The molecule has 2 amide bonds. The molecule has 0 aromatic heterocycles. The minimum absolute atomic E-state index is 0.0214. The number of rotatable bonds is 8. The normalized spacial score (nSPS) is 16.7. The molecule has 2 atom stereocenters. The SMILES string of the molecule is CCOC(=O)C1=C(COC(=O)C[C@H](C)c2ccccc2)NC(=O)N[C@H]1c1ccccc1. The number of carbonyl (C=O) groups excluding carboxylic acids is 3. The molecular formula is C24H26N2O5. The monoisotopic (exact) mass is 422 g/mol. The van der Waals surface area contributed by atoms with Crippen LogP contribution in [0.25, 0.3) is 0 Å². The van der Waals surface area contributed by atoms with E-state index in [1.54, 1.807) is 19.1 Å². The second-order valence-electron chi connectivity index (χ2n) is 7.23. The summed E-state index contributed by atoms with van der Waals surface area (Å²) >= 11 is 0. The standard InChI is InChI=1S/C24H26N2O5/c1-3-30-23(28)21-19(25-24(29)26-22(21)18-12-8-5-9-13-18)15-31-20(27)14-16(2)17-10-6-4-7-11-17/h4-13,16,22H,3,14-15H2,1-2H3,(H2,25,26,29)/t16-,22-/m0/s1. The van der Waals surface area contributed by atoms with Crippen molar-refractivity contribution in [3.05, 3.63) is 83.1 Å². The molecule has 1 heterocycles. The summed E-state index contributed by atoms with van der Waals surface area (Å²) < 4.78 is 10.6. The van der Waals surface area contributed by atoms with E-state index in [0.717, 1.165) is 11.1 Å². The molecule has 7 heteroatoms. The van der Waals surface area contributed by atoms with E-state index >= 15 is 0 Å². The van der Waals surface area contributed by atoms with Gasteiger partial charge < -0.3 is 20.1 Å². The molecule has 0 aliphatic carbocycles. The average Bonchev–Trinajstić information content (AvgIpc) is 2.78. The van der Waals surface area contributed by atoms with Crippen LogP contribution in [0.5, 0.6) is 0 Å². The number of nitrogens with one attached hydrogen (secondary N) is 2.